The molecule has 4 rings (SSSR count). The molecule has 0 radical (unpaired) electrons. The summed E-state index contributed by atoms with van der Waals surface area (Å²) in [6.45, 7) is 4.92. The van der Waals surface area contributed by atoms with Gasteiger partial charge in [0.1, 0.15) is 0 Å². The van der Waals surface area contributed by atoms with Crippen LogP contribution in [0.25, 0.3) is 16.6 Å². The zero-order valence-corrected chi connectivity index (χ0v) is 19.9. The number of rotatable bonds is 5. The number of H-pyrrole nitrogens is 1. The molecule has 190 valence electrons. The largest absolute Gasteiger partial charge is 0.492 e. The molecular weight excluding hydrogens is 465 g/mol. The number of benzene rings is 1. The second-order valence-electron chi connectivity index (χ2n) is 9.17. The Bertz CT molecular complexity index is 1160. The molecule has 0 spiro atoms. The van der Waals surface area contributed by atoms with E-state index < -0.39 is 24.1 Å². The van der Waals surface area contributed by atoms with Crippen molar-refractivity contribution in [3.63, 3.8) is 0 Å². The summed E-state index contributed by atoms with van der Waals surface area (Å²) in [4.78, 5) is 18.7. The summed E-state index contributed by atoms with van der Waals surface area (Å²) in [5.74, 6) is 0.267. The molecule has 1 fully saturated rings. The highest BCUT2D eigenvalue weighted by Crippen LogP contribution is 2.39. The Labute approximate surface area is 200 Å². The van der Waals surface area contributed by atoms with Crippen molar-refractivity contribution >= 4 is 34.6 Å². The molecule has 0 aliphatic carbocycles. The van der Waals surface area contributed by atoms with Gasteiger partial charge < -0.3 is 25.1 Å². The first-order valence-corrected chi connectivity index (χ1v) is 11.2. The first-order valence-electron chi connectivity index (χ1n) is 11.2. The summed E-state index contributed by atoms with van der Waals surface area (Å²) in [5, 5.41) is 12.7. The summed E-state index contributed by atoms with van der Waals surface area (Å²) < 4.78 is 51.8. The number of carbonyl (C=O) groups is 1. The van der Waals surface area contributed by atoms with Crippen LogP contribution >= 0.6 is 0 Å². The number of hydrogen-bond donors (Lipinski definition) is 5. The molecule has 9 nitrogen and oxygen atoms in total. The molecule has 1 aromatic carbocycles. The van der Waals surface area contributed by atoms with Crippen molar-refractivity contribution < 1.29 is 27.4 Å². The average Bonchev–Trinajstić information content (AvgIpc) is 3.23. The van der Waals surface area contributed by atoms with Gasteiger partial charge in [0.15, 0.2) is 12.0 Å². The lowest BCUT2D eigenvalue weighted by atomic mass is 9.91. The topological polar surface area (TPSA) is 112 Å². The van der Waals surface area contributed by atoms with E-state index in [0.29, 0.717) is 28.7 Å². The number of nitrogens with zero attached hydrogens (tertiary/aromatic N) is 1. The van der Waals surface area contributed by atoms with Gasteiger partial charge in [0, 0.05) is 41.5 Å². The number of alkyl halides is 3. The fourth-order valence-corrected chi connectivity index (χ4v) is 4.33. The van der Waals surface area contributed by atoms with Gasteiger partial charge in [-0.25, -0.2) is 4.79 Å². The van der Waals surface area contributed by atoms with Crippen molar-refractivity contribution in [1.82, 2.24) is 20.9 Å². The van der Waals surface area contributed by atoms with Gasteiger partial charge in [-0.3, -0.25) is 15.6 Å². The molecule has 3 heterocycles. The third-order valence-corrected chi connectivity index (χ3v) is 6.25. The molecule has 2 unspecified atom stereocenters. The Balaban J connectivity index is 1.67. The fourth-order valence-electron chi connectivity index (χ4n) is 4.33. The highest BCUT2D eigenvalue weighted by Gasteiger charge is 2.39. The monoisotopic (exact) mass is 494 g/mol. The second kappa shape index (κ2) is 9.42. The van der Waals surface area contributed by atoms with Crippen LogP contribution in [0.2, 0.25) is 0 Å². The van der Waals surface area contributed by atoms with Crippen LogP contribution in [0, 0.1) is 0 Å². The second-order valence-corrected chi connectivity index (χ2v) is 9.17. The maximum absolute atomic E-state index is 13.9. The normalized spacial score (nSPS) is 22.1. The van der Waals surface area contributed by atoms with Gasteiger partial charge in [-0.05, 0) is 38.8 Å². The molecule has 2 aliphatic rings. The van der Waals surface area contributed by atoms with Gasteiger partial charge in [-0.15, -0.1) is 0 Å². The number of anilines is 1. The molecule has 0 saturated carbocycles. The van der Waals surface area contributed by atoms with Crippen molar-refractivity contribution in [2.75, 3.05) is 26.1 Å². The summed E-state index contributed by atoms with van der Waals surface area (Å²) in [6.07, 6.45) is -1.89. The SMILES string of the molecule is COC(=O)Nc1ccc2c(C3=C(C(F)(F)F)C=NC(NC4CCC(C)(C)NC4)N3)c[nH]c2c1OC. The van der Waals surface area contributed by atoms with E-state index in [1.165, 1.54) is 20.4 Å². The first kappa shape index (κ1) is 24.9. The first-order chi connectivity index (χ1) is 16.5. The van der Waals surface area contributed by atoms with Gasteiger partial charge in [0.05, 0.1) is 36.7 Å². The molecule has 2 atom stereocenters. The van der Waals surface area contributed by atoms with E-state index >= 15 is 0 Å². The Hall–Kier alpha value is -3.25. The fraction of sp³-hybridized carbons (Fsp3) is 0.478. The van der Waals surface area contributed by atoms with E-state index in [9.17, 15) is 18.0 Å². The zero-order chi connectivity index (χ0) is 25.4. The molecule has 1 amide bonds. The van der Waals surface area contributed by atoms with Crippen molar-refractivity contribution in [3.8, 4) is 5.75 Å². The third-order valence-electron chi connectivity index (χ3n) is 6.25. The molecule has 5 N–H and O–H groups in total. The lowest BCUT2D eigenvalue weighted by Crippen LogP contribution is -2.57. The highest BCUT2D eigenvalue weighted by atomic mass is 19.4. The van der Waals surface area contributed by atoms with Crippen molar-refractivity contribution in [3.05, 3.63) is 29.5 Å². The number of aliphatic imine (C=N–C) groups is 1. The zero-order valence-electron chi connectivity index (χ0n) is 19.9. The summed E-state index contributed by atoms with van der Waals surface area (Å²) >= 11 is 0. The van der Waals surface area contributed by atoms with Gasteiger partial charge in [0.2, 0.25) is 0 Å². The third kappa shape index (κ3) is 5.22. The van der Waals surface area contributed by atoms with Crippen LogP contribution in [0.3, 0.4) is 0 Å². The number of fused-ring (bicyclic) bond motifs is 1. The van der Waals surface area contributed by atoms with Crippen molar-refractivity contribution in [2.45, 2.75) is 50.7 Å². The van der Waals surface area contributed by atoms with Crippen LogP contribution < -0.4 is 26.0 Å². The number of aromatic amines is 1. The average molecular weight is 495 g/mol. The minimum Gasteiger partial charge on any atom is -0.492 e. The highest BCUT2D eigenvalue weighted by molar-refractivity contribution is 6.04. The maximum Gasteiger partial charge on any atom is 0.419 e. The molecule has 35 heavy (non-hydrogen) atoms. The van der Waals surface area contributed by atoms with Crippen LogP contribution in [0.15, 0.2) is 28.9 Å². The van der Waals surface area contributed by atoms with Crippen molar-refractivity contribution in [1.29, 1.82) is 0 Å². The van der Waals surface area contributed by atoms with Crippen LogP contribution in [-0.2, 0) is 4.74 Å². The molecule has 2 aliphatic heterocycles. The molecule has 1 saturated heterocycles. The predicted octanol–water partition coefficient (Wildman–Crippen LogP) is 3.71. The summed E-state index contributed by atoms with van der Waals surface area (Å²) in [6, 6.07) is 3.21. The minimum absolute atomic E-state index is 0.0284. The van der Waals surface area contributed by atoms with Crippen LogP contribution in [0.4, 0.5) is 23.7 Å². The van der Waals surface area contributed by atoms with Gasteiger partial charge in [-0.2, -0.15) is 13.2 Å². The van der Waals surface area contributed by atoms with E-state index in [4.69, 9.17) is 4.74 Å². The quantitative estimate of drug-likeness (QED) is 0.433. The molecule has 0 bridgehead atoms. The number of carbonyl (C=O) groups excluding carboxylic acids is 1. The Morgan fingerprint density at radius 1 is 1.26 bits per heavy atom. The van der Waals surface area contributed by atoms with Crippen molar-refractivity contribution in [2.24, 2.45) is 4.99 Å². The van der Waals surface area contributed by atoms with Crippen LogP contribution in [0.5, 0.6) is 5.75 Å². The van der Waals surface area contributed by atoms with E-state index in [-0.39, 0.29) is 23.0 Å². The summed E-state index contributed by atoms with van der Waals surface area (Å²) in [7, 11) is 2.63. The van der Waals surface area contributed by atoms with E-state index in [2.05, 4.69) is 49.8 Å². The Kier molecular flexibility index (Phi) is 6.69. The van der Waals surface area contributed by atoms with E-state index in [0.717, 1.165) is 19.1 Å². The number of nitrogens with one attached hydrogen (secondary N) is 5. The minimum atomic E-state index is -4.62. The Morgan fingerprint density at radius 3 is 2.66 bits per heavy atom. The van der Waals surface area contributed by atoms with Gasteiger partial charge >= 0.3 is 12.3 Å². The van der Waals surface area contributed by atoms with E-state index in [1.807, 2.05) is 0 Å². The number of amides is 1. The molecule has 2 aromatic rings. The van der Waals surface area contributed by atoms with Gasteiger partial charge in [0.25, 0.3) is 0 Å². The number of hydrogen-bond acceptors (Lipinski definition) is 7. The number of allylic oxidation sites excluding steroid dienone is 1. The van der Waals surface area contributed by atoms with Gasteiger partial charge in [-0.1, -0.05) is 0 Å². The lowest BCUT2D eigenvalue weighted by molar-refractivity contribution is -0.0855. The number of piperidine rings is 1. The number of aromatic nitrogens is 1. The smallest absolute Gasteiger partial charge is 0.419 e. The number of methoxy groups -OCH3 is 2. The molecular formula is C23H29F3N6O3. The molecule has 12 heteroatoms. The van der Waals surface area contributed by atoms with Crippen LogP contribution in [-0.4, -0.2) is 62.1 Å². The van der Waals surface area contributed by atoms with E-state index in [1.54, 1.807) is 12.1 Å². The lowest BCUT2D eigenvalue weighted by Gasteiger charge is -2.38. The molecule has 1 aromatic heterocycles. The maximum atomic E-state index is 13.9. The standard InChI is InChI=1S/C23H29F3N6O3/c1-22(2)8-7-12(9-29-22)30-20-28-11-15(23(24,25)26)17(32-20)14-10-27-18-13(14)5-6-16(19(18)34-3)31-21(33)35-4/h5-6,10-12,20,27,29-30,32H,7-9H2,1-4H3,(H,31,33). The Morgan fingerprint density at radius 2 is 2.03 bits per heavy atom. The summed E-state index contributed by atoms with van der Waals surface area (Å²) in [5.41, 5.74) is 0.0941. The number of halogens is 3. The predicted molar refractivity (Wildman–Crippen MR) is 128 cm³/mol. The van der Waals surface area contributed by atoms with Crippen LogP contribution in [0.1, 0.15) is 32.3 Å². The number of ether oxygens (including phenoxy) is 2.